The molecule has 0 bridgehead atoms. The normalized spacial score (nSPS) is 10.7. The van der Waals surface area contributed by atoms with Crippen LogP contribution in [0.3, 0.4) is 0 Å². The second kappa shape index (κ2) is 7.80. The zero-order valence-electron chi connectivity index (χ0n) is 13.6. The lowest BCUT2D eigenvalue weighted by atomic mass is 10.1. The van der Waals surface area contributed by atoms with E-state index >= 15 is 0 Å². The van der Waals surface area contributed by atoms with Gasteiger partial charge in [0.2, 0.25) is 0 Å². The summed E-state index contributed by atoms with van der Waals surface area (Å²) in [5.41, 5.74) is 2.73. The summed E-state index contributed by atoms with van der Waals surface area (Å²) in [5, 5.41) is 3.05. The van der Waals surface area contributed by atoms with Crippen molar-refractivity contribution >= 4 is 0 Å². The van der Waals surface area contributed by atoms with E-state index in [9.17, 15) is 4.79 Å². The van der Waals surface area contributed by atoms with E-state index in [4.69, 9.17) is 4.74 Å². The first-order chi connectivity index (χ1) is 10.7. The molecule has 0 spiro atoms. The third-order valence-electron chi connectivity index (χ3n) is 3.74. The summed E-state index contributed by atoms with van der Waals surface area (Å²) in [6.07, 6.45) is 2.03. The van der Waals surface area contributed by atoms with Gasteiger partial charge in [-0.05, 0) is 31.7 Å². The van der Waals surface area contributed by atoms with Crippen LogP contribution in [-0.2, 0) is 13.1 Å². The van der Waals surface area contributed by atoms with E-state index in [-0.39, 0.29) is 5.56 Å². The van der Waals surface area contributed by atoms with Crippen LogP contribution in [0.5, 0.6) is 5.75 Å². The number of hydrogen-bond acceptors (Lipinski definition) is 3. The zero-order valence-corrected chi connectivity index (χ0v) is 13.6. The number of aromatic nitrogens is 1. The molecule has 0 unspecified atom stereocenters. The third-order valence-corrected chi connectivity index (χ3v) is 3.74. The fourth-order valence-corrected chi connectivity index (χ4v) is 2.58. The minimum atomic E-state index is 0.0752. The van der Waals surface area contributed by atoms with Gasteiger partial charge in [-0.15, -0.1) is 0 Å². The van der Waals surface area contributed by atoms with Crippen molar-refractivity contribution in [3.63, 3.8) is 0 Å². The lowest BCUT2D eigenvalue weighted by Gasteiger charge is -2.16. The minimum absolute atomic E-state index is 0.0752. The summed E-state index contributed by atoms with van der Waals surface area (Å²) >= 11 is 0. The molecule has 4 heteroatoms. The molecule has 0 atom stereocenters. The van der Waals surface area contributed by atoms with Gasteiger partial charge >= 0.3 is 0 Å². The Labute approximate surface area is 131 Å². The predicted molar refractivity (Wildman–Crippen MR) is 90.4 cm³/mol. The van der Waals surface area contributed by atoms with Crippen LogP contribution in [0, 0.1) is 0 Å². The van der Waals surface area contributed by atoms with Crippen molar-refractivity contribution in [2.75, 3.05) is 14.2 Å². The average Bonchev–Trinajstić information content (AvgIpc) is 2.55. The SMILES string of the molecule is CCCCn1c(-c2ccccc2OC)ccc(CNC)c1=O. The summed E-state index contributed by atoms with van der Waals surface area (Å²) in [6, 6.07) is 11.7. The molecule has 1 heterocycles. The van der Waals surface area contributed by atoms with Crippen molar-refractivity contribution in [1.29, 1.82) is 0 Å². The maximum absolute atomic E-state index is 12.7. The second-order valence-corrected chi connectivity index (χ2v) is 5.28. The molecule has 22 heavy (non-hydrogen) atoms. The van der Waals surface area contributed by atoms with Gasteiger partial charge < -0.3 is 14.6 Å². The first-order valence-corrected chi connectivity index (χ1v) is 7.73. The Kier molecular flexibility index (Phi) is 5.78. The van der Waals surface area contributed by atoms with Gasteiger partial charge in [0.25, 0.3) is 5.56 Å². The van der Waals surface area contributed by atoms with Crippen molar-refractivity contribution in [3.8, 4) is 17.0 Å². The molecule has 0 saturated carbocycles. The topological polar surface area (TPSA) is 43.3 Å². The summed E-state index contributed by atoms with van der Waals surface area (Å²) in [5.74, 6) is 0.786. The number of methoxy groups -OCH3 is 1. The third kappa shape index (κ3) is 3.39. The monoisotopic (exact) mass is 300 g/mol. The van der Waals surface area contributed by atoms with Crippen molar-refractivity contribution in [1.82, 2.24) is 9.88 Å². The van der Waals surface area contributed by atoms with Gasteiger partial charge in [-0.2, -0.15) is 0 Å². The molecule has 4 nitrogen and oxygen atoms in total. The highest BCUT2D eigenvalue weighted by Gasteiger charge is 2.13. The first-order valence-electron chi connectivity index (χ1n) is 7.73. The average molecular weight is 300 g/mol. The highest BCUT2D eigenvalue weighted by Crippen LogP contribution is 2.29. The van der Waals surface area contributed by atoms with E-state index in [1.807, 2.05) is 48.0 Å². The largest absolute Gasteiger partial charge is 0.496 e. The summed E-state index contributed by atoms with van der Waals surface area (Å²) < 4.78 is 7.32. The smallest absolute Gasteiger partial charge is 0.255 e. The van der Waals surface area contributed by atoms with Crippen molar-refractivity contribution in [2.24, 2.45) is 0 Å². The zero-order chi connectivity index (χ0) is 15.9. The van der Waals surface area contributed by atoms with Gasteiger partial charge in [-0.3, -0.25) is 4.79 Å². The molecular formula is C18H24N2O2. The molecule has 0 aliphatic rings. The van der Waals surface area contributed by atoms with Crippen LogP contribution in [0.4, 0.5) is 0 Å². The number of nitrogens with zero attached hydrogens (tertiary/aromatic N) is 1. The van der Waals surface area contributed by atoms with Crippen LogP contribution in [0.2, 0.25) is 0 Å². The lowest BCUT2D eigenvalue weighted by molar-refractivity contribution is 0.416. The number of pyridine rings is 1. The van der Waals surface area contributed by atoms with E-state index < -0.39 is 0 Å². The Bertz CT molecular complexity index is 677. The molecule has 0 radical (unpaired) electrons. The number of unbranched alkanes of at least 4 members (excludes halogenated alkanes) is 1. The van der Waals surface area contributed by atoms with Crippen LogP contribution in [0.1, 0.15) is 25.3 Å². The summed E-state index contributed by atoms with van der Waals surface area (Å²) in [6.45, 7) is 3.43. The molecule has 0 amide bonds. The van der Waals surface area contributed by atoms with E-state index in [1.54, 1.807) is 7.11 Å². The van der Waals surface area contributed by atoms with Crippen molar-refractivity contribution in [3.05, 3.63) is 52.3 Å². The van der Waals surface area contributed by atoms with Crippen molar-refractivity contribution < 1.29 is 4.74 Å². The fraction of sp³-hybridized carbons (Fsp3) is 0.389. The fourth-order valence-electron chi connectivity index (χ4n) is 2.58. The number of para-hydroxylation sites is 1. The number of benzene rings is 1. The van der Waals surface area contributed by atoms with Gasteiger partial charge in [-0.1, -0.05) is 31.5 Å². The number of hydrogen-bond donors (Lipinski definition) is 1. The van der Waals surface area contributed by atoms with Gasteiger partial charge in [0.05, 0.1) is 12.8 Å². The Hall–Kier alpha value is -2.07. The molecule has 0 aliphatic carbocycles. The number of ether oxygens (including phenoxy) is 1. The van der Waals surface area contributed by atoms with Gasteiger partial charge in [0.1, 0.15) is 5.75 Å². The molecule has 0 fully saturated rings. The second-order valence-electron chi connectivity index (χ2n) is 5.28. The van der Waals surface area contributed by atoms with Crippen LogP contribution in [0.15, 0.2) is 41.2 Å². The minimum Gasteiger partial charge on any atom is -0.496 e. The Morgan fingerprint density at radius 3 is 2.64 bits per heavy atom. The number of rotatable bonds is 7. The molecule has 2 rings (SSSR count). The standard InChI is InChI=1S/C18H24N2O2/c1-4-5-12-20-16(11-10-14(13-19-2)18(20)21)15-8-6-7-9-17(15)22-3/h6-11,19H,4-5,12-13H2,1-3H3. The highest BCUT2D eigenvalue weighted by molar-refractivity contribution is 5.67. The van der Waals surface area contributed by atoms with Crippen LogP contribution < -0.4 is 15.6 Å². The maximum Gasteiger partial charge on any atom is 0.255 e. The van der Waals surface area contributed by atoms with E-state index in [0.717, 1.165) is 42.0 Å². The summed E-state index contributed by atoms with van der Waals surface area (Å²) in [4.78, 5) is 12.7. The molecule has 1 aromatic carbocycles. The quantitative estimate of drug-likeness (QED) is 0.854. The van der Waals surface area contributed by atoms with Crippen LogP contribution in [0.25, 0.3) is 11.3 Å². The van der Waals surface area contributed by atoms with Gasteiger partial charge in [-0.25, -0.2) is 0 Å². The summed E-state index contributed by atoms with van der Waals surface area (Å²) in [7, 11) is 3.51. The maximum atomic E-state index is 12.7. The molecule has 0 aliphatic heterocycles. The van der Waals surface area contributed by atoms with E-state index in [2.05, 4.69) is 12.2 Å². The predicted octanol–water partition coefficient (Wildman–Crippen LogP) is 3.04. The Morgan fingerprint density at radius 1 is 1.18 bits per heavy atom. The molecule has 118 valence electrons. The van der Waals surface area contributed by atoms with Crippen molar-refractivity contribution in [2.45, 2.75) is 32.9 Å². The molecule has 1 N–H and O–H groups in total. The van der Waals surface area contributed by atoms with E-state index in [0.29, 0.717) is 6.54 Å². The van der Waals surface area contributed by atoms with Gasteiger partial charge in [0, 0.05) is 24.2 Å². The molecule has 0 saturated heterocycles. The molecular weight excluding hydrogens is 276 g/mol. The Balaban J connectivity index is 2.59. The molecule has 2 aromatic rings. The van der Waals surface area contributed by atoms with E-state index in [1.165, 1.54) is 0 Å². The molecule has 1 aromatic heterocycles. The van der Waals surface area contributed by atoms with Crippen LogP contribution >= 0.6 is 0 Å². The van der Waals surface area contributed by atoms with Gasteiger partial charge in [0.15, 0.2) is 0 Å². The highest BCUT2D eigenvalue weighted by atomic mass is 16.5. The lowest BCUT2D eigenvalue weighted by Crippen LogP contribution is -2.27. The number of nitrogens with one attached hydrogen (secondary N) is 1. The first kappa shape index (κ1) is 16.3. The Morgan fingerprint density at radius 2 is 1.95 bits per heavy atom. The van der Waals surface area contributed by atoms with Crippen LogP contribution in [-0.4, -0.2) is 18.7 Å².